The smallest absolute Gasteiger partial charge is 0.335 e. The first kappa shape index (κ1) is 60.9. The van der Waals surface area contributed by atoms with Crippen molar-refractivity contribution in [3.8, 4) is 0 Å². The molecule has 24 heteroatoms. The number of esters is 1. The highest BCUT2D eigenvalue weighted by Gasteiger charge is 2.82. The van der Waals surface area contributed by atoms with E-state index in [2.05, 4.69) is 34.6 Å². The lowest BCUT2D eigenvalue weighted by molar-refractivity contribution is -0.398. The van der Waals surface area contributed by atoms with E-state index in [1.165, 1.54) is 6.92 Å². The van der Waals surface area contributed by atoms with Crippen LogP contribution in [-0.4, -0.2) is 244 Å². The fourth-order valence-electron chi connectivity index (χ4n) is 17.0. The van der Waals surface area contributed by atoms with Gasteiger partial charge in [0.15, 0.2) is 18.9 Å². The summed E-state index contributed by atoms with van der Waals surface area (Å²) in [5.74, 6) is -0.134. The van der Waals surface area contributed by atoms with E-state index in [-0.39, 0.29) is 51.4 Å². The Kier molecular flexibility index (Phi) is 17.7. The van der Waals surface area contributed by atoms with Gasteiger partial charge in [-0.1, -0.05) is 40.7 Å². The molecular formula is C54H88O24. The zero-order valence-corrected chi connectivity index (χ0v) is 45.4. The third-order valence-corrected chi connectivity index (χ3v) is 21.8. The topological polar surface area (TPSA) is 394 Å². The molecule has 24 nitrogen and oxygen atoms in total. The van der Waals surface area contributed by atoms with Gasteiger partial charge in [-0.05, 0) is 122 Å². The molecule has 5 saturated carbocycles. The van der Waals surface area contributed by atoms with Crippen LogP contribution in [0.2, 0.25) is 0 Å². The summed E-state index contributed by atoms with van der Waals surface area (Å²) < 4.78 is 47.3. The summed E-state index contributed by atoms with van der Waals surface area (Å²) in [6.07, 6.45) is -24.5. The molecule has 2 spiro atoms. The van der Waals surface area contributed by atoms with Gasteiger partial charge in [0.05, 0.1) is 38.6 Å². The van der Waals surface area contributed by atoms with E-state index in [4.69, 9.17) is 37.9 Å². The van der Waals surface area contributed by atoms with Crippen molar-refractivity contribution in [3.05, 3.63) is 11.6 Å². The lowest BCUT2D eigenvalue weighted by atomic mass is 9.41. The molecule has 0 radical (unpaired) electrons. The Bertz CT molecular complexity index is 2120. The number of rotatable bonds is 16. The fourth-order valence-corrected chi connectivity index (χ4v) is 17.0. The zero-order chi connectivity index (χ0) is 56.9. The quantitative estimate of drug-likeness (QED) is 0.0414. The lowest BCUT2D eigenvalue weighted by Crippen LogP contribution is -2.67. The molecule has 15 N–H and O–H groups in total. The van der Waals surface area contributed by atoms with E-state index in [1.54, 1.807) is 6.08 Å². The highest BCUT2D eigenvalue weighted by atomic mass is 16.8. The number of carbonyl (C=O) groups excluding carboxylic acids is 1. The average molecular weight is 1120 g/mol. The third-order valence-electron chi connectivity index (χ3n) is 21.8. The molecule has 0 aromatic heterocycles. The maximum atomic E-state index is 13.1. The fraction of sp³-hybridized carbons (Fsp3) is 0.944. The minimum Gasteiger partial charge on any atom is -0.429 e. The van der Waals surface area contributed by atoms with Gasteiger partial charge in [-0.2, -0.15) is 0 Å². The number of hydrogen-bond acceptors (Lipinski definition) is 24. The van der Waals surface area contributed by atoms with Gasteiger partial charge < -0.3 is 114 Å². The summed E-state index contributed by atoms with van der Waals surface area (Å²) in [6.45, 7) is 9.84. The van der Waals surface area contributed by atoms with Crippen LogP contribution >= 0.6 is 0 Å². The monoisotopic (exact) mass is 1120 g/mol. The Labute approximate surface area is 453 Å². The largest absolute Gasteiger partial charge is 0.429 e. The maximum Gasteiger partial charge on any atom is 0.335 e. The molecule has 4 aliphatic heterocycles. The second-order valence-electron chi connectivity index (χ2n) is 25.6. The Morgan fingerprint density at radius 3 is 1.55 bits per heavy atom. The van der Waals surface area contributed by atoms with Crippen molar-refractivity contribution in [1.29, 1.82) is 0 Å². The average Bonchev–Trinajstić information content (AvgIpc) is 2.05. The summed E-state index contributed by atoms with van der Waals surface area (Å²) in [4.78, 5) is 13.1. The van der Waals surface area contributed by atoms with Crippen LogP contribution in [0.25, 0.3) is 0 Å². The van der Waals surface area contributed by atoms with Crippen LogP contribution in [0.5, 0.6) is 0 Å². The molecule has 30 unspecified atom stereocenters. The first-order valence-electron chi connectivity index (χ1n) is 28.1. The van der Waals surface area contributed by atoms with Crippen LogP contribution in [-0.2, 0) is 42.7 Å². The van der Waals surface area contributed by atoms with Gasteiger partial charge in [0, 0.05) is 5.57 Å². The van der Waals surface area contributed by atoms with Gasteiger partial charge in [-0.25, -0.2) is 4.79 Å². The Morgan fingerprint density at radius 2 is 1.00 bits per heavy atom. The number of ether oxygens (including phenoxy) is 8. The Balaban J connectivity index is 0.875. The predicted octanol–water partition coefficient (Wildman–Crippen LogP) is -3.06. The van der Waals surface area contributed by atoms with Crippen LogP contribution < -0.4 is 0 Å². The van der Waals surface area contributed by atoms with Crippen molar-refractivity contribution in [2.45, 2.75) is 241 Å². The number of aliphatic hydroxyl groups excluding tert-OH is 15. The van der Waals surface area contributed by atoms with Crippen LogP contribution in [0.1, 0.15) is 106 Å². The predicted molar refractivity (Wildman–Crippen MR) is 264 cm³/mol. The minimum atomic E-state index is -1.93. The van der Waals surface area contributed by atoms with E-state index in [0.717, 1.165) is 51.4 Å². The van der Waals surface area contributed by atoms with E-state index < -0.39 is 173 Å². The zero-order valence-electron chi connectivity index (χ0n) is 45.4. The Hall–Kier alpha value is -1.67. The van der Waals surface area contributed by atoms with Crippen molar-refractivity contribution >= 4 is 5.97 Å². The third kappa shape index (κ3) is 9.86. The first-order chi connectivity index (χ1) is 36.7. The molecule has 30 atom stereocenters. The summed E-state index contributed by atoms with van der Waals surface area (Å²) >= 11 is 0. The van der Waals surface area contributed by atoms with Crippen LogP contribution in [0.3, 0.4) is 0 Å². The molecule has 0 aromatic rings. The van der Waals surface area contributed by atoms with E-state index in [1.807, 2.05) is 0 Å². The van der Waals surface area contributed by atoms with Gasteiger partial charge in [-0.3, -0.25) is 0 Å². The molecule has 4 saturated heterocycles. The summed E-state index contributed by atoms with van der Waals surface area (Å²) in [6, 6.07) is 0. The number of fused-ring (bicyclic) bond motifs is 2. The SMILES string of the molecule is CC(=CCC(O)C(C)C1CCC2(C)C3CCC4C(C)(C)C(OC5OC(CO)C(O)C(O)C5OC5OC(CO)C(O)C(O)C5OC5OC(CO)C(O)C(O)C5O)CCC45CC35CCC12C)C(=O)OC1OC(CO)C(O)C(O)C1O. The maximum absolute atomic E-state index is 13.1. The molecule has 0 amide bonds. The summed E-state index contributed by atoms with van der Waals surface area (Å²) in [5, 5.41) is 159. The molecular weight excluding hydrogens is 1030 g/mol. The normalized spacial score (nSPS) is 52.8. The highest BCUT2D eigenvalue weighted by molar-refractivity contribution is 5.87. The lowest BCUT2D eigenvalue weighted by Gasteiger charge is -2.63. The molecule has 4 heterocycles. The highest BCUT2D eigenvalue weighted by Crippen LogP contribution is 2.89. The molecule has 5 aliphatic carbocycles. The van der Waals surface area contributed by atoms with Gasteiger partial charge in [0.2, 0.25) is 6.29 Å². The number of carbonyl (C=O) groups is 1. The molecule has 78 heavy (non-hydrogen) atoms. The molecule has 9 rings (SSSR count). The van der Waals surface area contributed by atoms with Crippen molar-refractivity contribution in [1.82, 2.24) is 0 Å². The van der Waals surface area contributed by atoms with Crippen molar-refractivity contribution in [2.24, 2.45) is 50.7 Å². The van der Waals surface area contributed by atoms with Gasteiger partial charge in [0.25, 0.3) is 0 Å². The number of hydrogen-bond donors (Lipinski definition) is 15. The van der Waals surface area contributed by atoms with E-state index in [9.17, 15) is 81.4 Å². The van der Waals surface area contributed by atoms with Gasteiger partial charge >= 0.3 is 5.97 Å². The van der Waals surface area contributed by atoms with Crippen LogP contribution in [0.4, 0.5) is 0 Å². The Morgan fingerprint density at radius 1 is 0.538 bits per heavy atom. The standard InChI is InChI=1S/C54H88O24/c1-22(45(70)78-47-42(69)38(65)34(61)27(18-56)72-47)7-8-25(59)23(2)24-11-13-52(6)31-10-9-30-50(3,4)32(12-14-53(30)21-54(31,53)16-15-51(24,52)5)75-48-43(39(66)35(62)28(19-57)73-48)77-49-44(40(67)36(63)29(20-58)74-49)76-46-41(68)37(64)33(60)26(17-55)71-46/h7,23-44,46-49,55-69H,8-21H2,1-6H3. The minimum absolute atomic E-state index is 0.0211. The van der Waals surface area contributed by atoms with E-state index in [0.29, 0.717) is 12.3 Å². The van der Waals surface area contributed by atoms with Gasteiger partial charge in [-0.15, -0.1) is 0 Å². The molecule has 448 valence electrons. The molecule has 0 bridgehead atoms. The number of aliphatic hydroxyl groups is 15. The summed E-state index contributed by atoms with van der Waals surface area (Å²) in [7, 11) is 0. The van der Waals surface area contributed by atoms with E-state index >= 15 is 0 Å². The van der Waals surface area contributed by atoms with Crippen molar-refractivity contribution in [3.63, 3.8) is 0 Å². The second-order valence-corrected chi connectivity index (χ2v) is 25.6. The van der Waals surface area contributed by atoms with Gasteiger partial charge in [0.1, 0.15) is 97.7 Å². The second kappa shape index (κ2) is 22.7. The van der Waals surface area contributed by atoms with Crippen LogP contribution in [0, 0.1) is 50.7 Å². The molecule has 9 aliphatic rings. The molecule has 0 aromatic carbocycles. The first-order valence-corrected chi connectivity index (χ1v) is 28.1. The van der Waals surface area contributed by atoms with Crippen LogP contribution in [0.15, 0.2) is 11.6 Å². The molecule has 9 fully saturated rings. The van der Waals surface area contributed by atoms with Crippen molar-refractivity contribution in [2.75, 3.05) is 26.4 Å². The summed E-state index contributed by atoms with van der Waals surface area (Å²) in [5.41, 5.74) is -0.341. The van der Waals surface area contributed by atoms with Crippen molar-refractivity contribution < 1.29 is 119 Å².